The lowest BCUT2D eigenvalue weighted by Crippen LogP contribution is -2.38. The summed E-state index contributed by atoms with van der Waals surface area (Å²) in [7, 11) is 3.87. The third kappa shape index (κ3) is 7.35. The van der Waals surface area contributed by atoms with Crippen molar-refractivity contribution in [1.29, 1.82) is 0 Å². The Morgan fingerprint density at radius 1 is 1.04 bits per heavy atom. The summed E-state index contributed by atoms with van der Waals surface area (Å²) in [6.45, 7) is 3.34. The fourth-order valence-electron chi connectivity index (χ4n) is 2.58. The Balaban J connectivity index is 1.64. The maximum Gasteiger partial charge on any atom is 0.191 e. The average molecular weight is 342 g/mol. The molecule has 0 aromatic heterocycles. The van der Waals surface area contributed by atoms with Gasteiger partial charge in [-0.25, -0.2) is 4.39 Å². The van der Waals surface area contributed by atoms with Gasteiger partial charge < -0.3 is 15.5 Å². The van der Waals surface area contributed by atoms with Crippen molar-refractivity contribution < 1.29 is 4.39 Å². The number of nitrogens with zero attached hydrogens (tertiary/aromatic N) is 2. The van der Waals surface area contributed by atoms with E-state index in [0.717, 1.165) is 37.6 Å². The SMILES string of the molecule is CN=C(NCCCN(C)Cc1ccccc1)NCc1cccc(F)c1. The van der Waals surface area contributed by atoms with Crippen molar-refractivity contribution in [3.8, 4) is 0 Å². The number of hydrogen-bond acceptors (Lipinski definition) is 2. The molecule has 0 spiro atoms. The van der Waals surface area contributed by atoms with Gasteiger partial charge in [0.2, 0.25) is 0 Å². The van der Waals surface area contributed by atoms with Crippen molar-refractivity contribution in [2.24, 2.45) is 4.99 Å². The minimum absolute atomic E-state index is 0.219. The highest BCUT2D eigenvalue weighted by Gasteiger charge is 2.02. The Morgan fingerprint density at radius 2 is 1.80 bits per heavy atom. The van der Waals surface area contributed by atoms with E-state index in [2.05, 4.69) is 51.8 Å². The molecule has 2 aromatic carbocycles. The van der Waals surface area contributed by atoms with Crippen LogP contribution in [0.1, 0.15) is 17.5 Å². The topological polar surface area (TPSA) is 39.7 Å². The second-order valence-corrected chi connectivity index (χ2v) is 6.06. The molecule has 0 bridgehead atoms. The lowest BCUT2D eigenvalue weighted by atomic mass is 10.2. The van der Waals surface area contributed by atoms with Gasteiger partial charge in [0.05, 0.1) is 0 Å². The third-order valence-corrected chi connectivity index (χ3v) is 3.88. The highest BCUT2D eigenvalue weighted by atomic mass is 19.1. The molecule has 0 atom stereocenters. The monoisotopic (exact) mass is 342 g/mol. The van der Waals surface area contributed by atoms with Crippen LogP contribution in [0.25, 0.3) is 0 Å². The third-order valence-electron chi connectivity index (χ3n) is 3.88. The molecule has 0 radical (unpaired) electrons. The van der Waals surface area contributed by atoms with E-state index in [1.165, 1.54) is 17.7 Å². The lowest BCUT2D eigenvalue weighted by molar-refractivity contribution is 0.322. The molecule has 0 aliphatic heterocycles. The average Bonchev–Trinajstić information content (AvgIpc) is 2.62. The van der Waals surface area contributed by atoms with E-state index in [0.29, 0.717) is 6.54 Å². The van der Waals surface area contributed by atoms with Gasteiger partial charge in [-0.05, 0) is 43.3 Å². The zero-order chi connectivity index (χ0) is 17.9. The smallest absolute Gasteiger partial charge is 0.191 e. The quantitative estimate of drug-likeness (QED) is 0.440. The first-order valence-electron chi connectivity index (χ1n) is 8.59. The molecular formula is C20H27FN4. The highest BCUT2D eigenvalue weighted by Crippen LogP contribution is 2.03. The predicted molar refractivity (Wildman–Crippen MR) is 102 cm³/mol. The molecule has 0 heterocycles. The van der Waals surface area contributed by atoms with E-state index in [-0.39, 0.29) is 5.82 Å². The summed E-state index contributed by atoms with van der Waals surface area (Å²) in [6.07, 6.45) is 1.02. The Kier molecular flexibility index (Phi) is 7.92. The maximum absolute atomic E-state index is 13.2. The van der Waals surface area contributed by atoms with Crippen LogP contribution in [-0.2, 0) is 13.1 Å². The summed E-state index contributed by atoms with van der Waals surface area (Å²) in [5.41, 5.74) is 2.22. The molecule has 0 amide bonds. The first kappa shape index (κ1) is 18.9. The number of aliphatic imine (C=N–C) groups is 1. The van der Waals surface area contributed by atoms with Gasteiger partial charge in [-0.15, -0.1) is 0 Å². The van der Waals surface area contributed by atoms with Crippen molar-refractivity contribution in [3.63, 3.8) is 0 Å². The standard InChI is InChI=1S/C20H27FN4/c1-22-20(24-15-18-10-6-11-19(21)14-18)23-12-7-13-25(2)16-17-8-4-3-5-9-17/h3-6,8-11,14H,7,12-13,15-16H2,1-2H3,(H2,22,23,24). The molecule has 0 aliphatic rings. The zero-order valence-electron chi connectivity index (χ0n) is 15.0. The fraction of sp³-hybridized carbons (Fsp3) is 0.350. The van der Waals surface area contributed by atoms with Crippen LogP contribution in [0.15, 0.2) is 59.6 Å². The maximum atomic E-state index is 13.2. The molecule has 0 saturated carbocycles. The van der Waals surface area contributed by atoms with Gasteiger partial charge in [-0.2, -0.15) is 0 Å². The minimum Gasteiger partial charge on any atom is -0.356 e. The van der Waals surface area contributed by atoms with E-state index >= 15 is 0 Å². The molecule has 4 nitrogen and oxygen atoms in total. The summed E-state index contributed by atoms with van der Waals surface area (Å²) < 4.78 is 13.2. The van der Waals surface area contributed by atoms with Crippen molar-refractivity contribution in [1.82, 2.24) is 15.5 Å². The van der Waals surface area contributed by atoms with Crippen molar-refractivity contribution in [2.45, 2.75) is 19.5 Å². The zero-order valence-corrected chi connectivity index (χ0v) is 15.0. The summed E-state index contributed by atoms with van der Waals surface area (Å²) in [5.74, 6) is 0.513. The van der Waals surface area contributed by atoms with Crippen molar-refractivity contribution >= 4 is 5.96 Å². The van der Waals surface area contributed by atoms with Gasteiger partial charge in [0, 0.05) is 26.7 Å². The van der Waals surface area contributed by atoms with Gasteiger partial charge in [0.25, 0.3) is 0 Å². The molecule has 0 saturated heterocycles. The van der Waals surface area contributed by atoms with Crippen molar-refractivity contribution in [3.05, 3.63) is 71.5 Å². The van der Waals surface area contributed by atoms with E-state index in [1.54, 1.807) is 13.1 Å². The van der Waals surface area contributed by atoms with E-state index in [4.69, 9.17) is 0 Å². The van der Waals surface area contributed by atoms with Crippen LogP contribution in [-0.4, -0.2) is 38.0 Å². The number of hydrogen-bond donors (Lipinski definition) is 2. The predicted octanol–water partition coefficient (Wildman–Crippen LogP) is 3.01. The van der Waals surface area contributed by atoms with Gasteiger partial charge in [0.15, 0.2) is 5.96 Å². The summed E-state index contributed by atoms with van der Waals surface area (Å²) in [4.78, 5) is 6.50. The number of nitrogens with one attached hydrogen (secondary N) is 2. The molecule has 0 fully saturated rings. The Bertz CT molecular complexity index is 658. The number of rotatable bonds is 8. The summed E-state index contributed by atoms with van der Waals surface area (Å²) in [5, 5.41) is 6.49. The van der Waals surface area contributed by atoms with Crippen LogP contribution in [0.5, 0.6) is 0 Å². The minimum atomic E-state index is -0.219. The Labute approximate surface area is 149 Å². The van der Waals surface area contributed by atoms with Gasteiger partial charge in [-0.1, -0.05) is 42.5 Å². The normalized spacial score (nSPS) is 11.6. The van der Waals surface area contributed by atoms with Gasteiger partial charge >= 0.3 is 0 Å². The summed E-state index contributed by atoms with van der Waals surface area (Å²) >= 11 is 0. The molecule has 0 unspecified atom stereocenters. The molecule has 0 aliphatic carbocycles. The summed E-state index contributed by atoms with van der Waals surface area (Å²) in [6, 6.07) is 17.0. The van der Waals surface area contributed by atoms with Gasteiger partial charge in [0.1, 0.15) is 5.82 Å². The lowest BCUT2D eigenvalue weighted by Gasteiger charge is -2.17. The van der Waals surface area contributed by atoms with Gasteiger partial charge in [-0.3, -0.25) is 4.99 Å². The van der Waals surface area contributed by atoms with E-state index < -0.39 is 0 Å². The number of halogens is 1. The van der Waals surface area contributed by atoms with Crippen LogP contribution in [0.2, 0.25) is 0 Å². The van der Waals surface area contributed by atoms with Crippen LogP contribution < -0.4 is 10.6 Å². The molecular weight excluding hydrogens is 315 g/mol. The number of guanidine groups is 1. The first-order chi connectivity index (χ1) is 12.2. The van der Waals surface area contributed by atoms with Crippen LogP contribution in [0, 0.1) is 5.82 Å². The molecule has 2 rings (SSSR count). The second-order valence-electron chi connectivity index (χ2n) is 6.06. The molecule has 5 heteroatoms. The van der Waals surface area contributed by atoms with Crippen LogP contribution >= 0.6 is 0 Å². The fourth-order valence-corrected chi connectivity index (χ4v) is 2.58. The highest BCUT2D eigenvalue weighted by molar-refractivity contribution is 5.79. The first-order valence-corrected chi connectivity index (χ1v) is 8.59. The van der Waals surface area contributed by atoms with Crippen LogP contribution in [0.4, 0.5) is 4.39 Å². The Morgan fingerprint density at radius 3 is 2.52 bits per heavy atom. The molecule has 25 heavy (non-hydrogen) atoms. The molecule has 2 N–H and O–H groups in total. The van der Waals surface area contributed by atoms with E-state index in [1.807, 2.05) is 12.1 Å². The molecule has 2 aromatic rings. The second kappa shape index (κ2) is 10.5. The van der Waals surface area contributed by atoms with E-state index in [9.17, 15) is 4.39 Å². The number of benzene rings is 2. The van der Waals surface area contributed by atoms with Crippen LogP contribution in [0.3, 0.4) is 0 Å². The Hall–Kier alpha value is -2.40. The van der Waals surface area contributed by atoms with Crippen molar-refractivity contribution in [2.75, 3.05) is 27.2 Å². The molecule has 134 valence electrons. The largest absolute Gasteiger partial charge is 0.356 e.